The first-order chi connectivity index (χ1) is 11.8. The van der Waals surface area contributed by atoms with Gasteiger partial charge in [-0.15, -0.1) is 5.10 Å². The number of likely N-dealkylation sites (tertiary alicyclic amines) is 1. The van der Waals surface area contributed by atoms with E-state index in [2.05, 4.69) is 20.4 Å². The molecule has 2 aliphatic rings. The zero-order valence-corrected chi connectivity index (χ0v) is 13.6. The van der Waals surface area contributed by atoms with Crippen LogP contribution in [0, 0.1) is 5.82 Å². The Bertz CT molecular complexity index is 662. The Kier molecular flexibility index (Phi) is 4.53. The van der Waals surface area contributed by atoms with Gasteiger partial charge < -0.3 is 4.74 Å². The summed E-state index contributed by atoms with van der Waals surface area (Å²) in [6.45, 7) is 3.51. The van der Waals surface area contributed by atoms with Crippen LogP contribution < -0.4 is 0 Å². The number of nitrogens with zero attached hydrogens (tertiary/aromatic N) is 5. The second-order valence-corrected chi connectivity index (χ2v) is 6.55. The molecule has 128 valence electrons. The van der Waals surface area contributed by atoms with Gasteiger partial charge >= 0.3 is 0 Å². The molecule has 0 spiro atoms. The van der Waals surface area contributed by atoms with Gasteiger partial charge in [0.15, 0.2) is 5.82 Å². The minimum atomic E-state index is -0.224. The van der Waals surface area contributed by atoms with E-state index in [0.29, 0.717) is 6.54 Å². The lowest BCUT2D eigenvalue weighted by Crippen LogP contribution is -2.30. The third kappa shape index (κ3) is 3.18. The van der Waals surface area contributed by atoms with Crippen LogP contribution in [0.1, 0.15) is 43.1 Å². The molecule has 2 fully saturated rings. The Labute approximate surface area is 140 Å². The molecule has 2 aromatic rings. The van der Waals surface area contributed by atoms with Gasteiger partial charge in [-0.25, -0.2) is 9.07 Å². The van der Waals surface area contributed by atoms with Crippen LogP contribution >= 0.6 is 0 Å². The standard InChI is InChI=1S/C17H22FN5O/c18-14-7-5-13(6-8-14)16(22-9-1-2-10-22)17-19-20-21-23(17)12-15-4-3-11-24-15/h5-8,15-16H,1-4,9-12H2/t15-,16-/m1/s1. The summed E-state index contributed by atoms with van der Waals surface area (Å²) in [5, 5.41) is 12.4. The van der Waals surface area contributed by atoms with Crippen molar-refractivity contribution in [3.8, 4) is 0 Å². The number of rotatable bonds is 5. The quantitative estimate of drug-likeness (QED) is 0.840. The molecule has 2 atom stereocenters. The number of halogens is 1. The summed E-state index contributed by atoms with van der Waals surface area (Å²) in [6, 6.07) is 6.65. The Morgan fingerprint density at radius 3 is 2.67 bits per heavy atom. The summed E-state index contributed by atoms with van der Waals surface area (Å²) in [4.78, 5) is 2.38. The molecule has 24 heavy (non-hydrogen) atoms. The number of hydrogen-bond acceptors (Lipinski definition) is 5. The molecule has 0 aliphatic carbocycles. The van der Waals surface area contributed by atoms with Gasteiger partial charge in [0.25, 0.3) is 0 Å². The predicted molar refractivity (Wildman–Crippen MR) is 85.8 cm³/mol. The SMILES string of the molecule is Fc1ccc([C@H](c2nnnn2C[C@H]2CCCO2)N2CCCC2)cc1. The van der Waals surface area contributed by atoms with Crippen molar-refractivity contribution in [2.24, 2.45) is 0 Å². The maximum absolute atomic E-state index is 13.3. The van der Waals surface area contributed by atoms with Crippen LogP contribution in [0.15, 0.2) is 24.3 Å². The van der Waals surface area contributed by atoms with Crippen LogP contribution in [-0.2, 0) is 11.3 Å². The van der Waals surface area contributed by atoms with E-state index in [1.54, 1.807) is 0 Å². The predicted octanol–water partition coefficient (Wildman–Crippen LogP) is 2.18. The molecule has 2 saturated heterocycles. The monoisotopic (exact) mass is 331 g/mol. The number of tetrazole rings is 1. The van der Waals surface area contributed by atoms with Crippen LogP contribution in [-0.4, -0.2) is 50.9 Å². The molecule has 4 rings (SSSR count). The summed E-state index contributed by atoms with van der Waals surface area (Å²) in [7, 11) is 0. The van der Waals surface area contributed by atoms with E-state index in [1.165, 1.54) is 25.0 Å². The third-order valence-corrected chi connectivity index (χ3v) is 4.90. The summed E-state index contributed by atoms with van der Waals surface area (Å²) in [6.07, 6.45) is 4.66. The van der Waals surface area contributed by atoms with Gasteiger partial charge in [0.1, 0.15) is 5.82 Å². The van der Waals surface area contributed by atoms with Crippen molar-refractivity contribution < 1.29 is 9.13 Å². The molecule has 0 unspecified atom stereocenters. The first kappa shape index (κ1) is 15.7. The molecular weight excluding hydrogens is 309 g/mol. The molecule has 0 amide bonds. The molecule has 0 N–H and O–H groups in total. The normalized spacial score (nSPS) is 23.0. The van der Waals surface area contributed by atoms with Crippen molar-refractivity contribution in [1.82, 2.24) is 25.1 Å². The summed E-state index contributed by atoms with van der Waals surface area (Å²) in [5.74, 6) is 0.594. The van der Waals surface area contributed by atoms with Crippen LogP contribution in [0.25, 0.3) is 0 Å². The molecule has 3 heterocycles. The fourth-order valence-electron chi connectivity index (χ4n) is 3.69. The maximum Gasteiger partial charge on any atom is 0.173 e. The lowest BCUT2D eigenvalue weighted by atomic mass is 10.0. The molecule has 0 bridgehead atoms. The van der Waals surface area contributed by atoms with E-state index in [1.807, 2.05) is 16.8 Å². The zero-order valence-electron chi connectivity index (χ0n) is 13.6. The molecule has 0 radical (unpaired) electrons. The van der Waals surface area contributed by atoms with Gasteiger partial charge in [-0.1, -0.05) is 12.1 Å². The van der Waals surface area contributed by atoms with Crippen molar-refractivity contribution in [3.05, 3.63) is 41.5 Å². The highest BCUT2D eigenvalue weighted by atomic mass is 19.1. The van der Waals surface area contributed by atoms with Crippen molar-refractivity contribution in [2.45, 2.75) is 44.4 Å². The number of benzene rings is 1. The van der Waals surface area contributed by atoms with E-state index in [-0.39, 0.29) is 18.0 Å². The Hall–Kier alpha value is -1.86. The second-order valence-electron chi connectivity index (χ2n) is 6.55. The van der Waals surface area contributed by atoms with E-state index in [0.717, 1.165) is 43.9 Å². The molecule has 1 aromatic carbocycles. The lowest BCUT2D eigenvalue weighted by molar-refractivity contribution is 0.0913. The molecule has 2 aliphatic heterocycles. The van der Waals surface area contributed by atoms with Crippen molar-refractivity contribution in [3.63, 3.8) is 0 Å². The number of aromatic nitrogens is 4. The molecule has 7 heteroatoms. The van der Waals surface area contributed by atoms with Crippen molar-refractivity contribution in [2.75, 3.05) is 19.7 Å². The average Bonchev–Trinajstić information content (AvgIpc) is 3.34. The summed E-state index contributed by atoms with van der Waals surface area (Å²) in [5.41, 5.74) is 1.03. The van der Waals surface area contributed by atoms with Gasteiger partial charge in [-0.2, -0.15) is 0 Å². The fourth-order valence-corrected chi connectivity index (χ4v) is 3.69. The maximum atomic E-state index is 13.3. The van der Waals surface area contributed by atoms with Crippen molar-refractivity contribution >= 4 is 0 Å². The van der Waals surface area contributed by atoms with Crippen LogP contribution in [0.3, 0.4) is 0 Å². The largest absolute Gasteiger partial charge is 0.376 e. The highest BCUT2D eigenvalue weighted by Crippen LogP contribution is 2.30. The first-order valence-corrected chi connectivity index (χ1v) is 8.68. The van der Waals surface area contributed by atoms with Gasteiger partial charge in [0.2, 0.25) is 0 Å². The Morgan fingerprint density at radius 1 is 1.17 bits per heavy atom. The zero-order chi connectivity index (χ0) is 16.4. The van der Waals surface area contributed by atoms with Gasteiger partial charge in [0.05, 0.1) is 18.7 Å². The highest BCUT2D eigenvalue weighted by Gasteiger charge is 2.30. The number of hydrogen-bond donors (Lipinski definition) is 0. The Morgan fingerprint density at radius 2 is 1.96 bits per heavy atom. The Balaban J connectivity index is 1.65. The third-order valence-electron chi connectivity index (χ3n) is 4.90. The minimum Gasteiger partial charge on any atom is -0.376 e. The number of ether oxygens (including phenoxy) is 1. The second kappa shape index (κ2) is 6.94. The van der Waals surface area contributed by atoms with E-state index in [4.69, 9.17) is 4.74 Å². The van der Waals surface area contributed by atoms with Gasteiger partial charge in [-0.05, 0) is 66.9 Å². The van der Waals surface area contributed by atoms with Crippen LogP contribution in [0.4, 0.5) is 4.39 Å². The van der Waals surface area contributed by atoms with Crippen molar-refractivity contribution in [1.29, 1.82) is 0 Å². The van der Waals surface area contributed by atoms with E-state index in [9.17, 15) is 4.39 Å². The fraction of sp³-hybridized carbons (Fsp3) is 0.588. The highest BCUT2D eigenvalue weighted by molar-refractivity contribution is 5.25. The van der Waals surface area contributed by atoms with Gasteiger partial charge in [0, 0.05) is 6.61 Å². The van der Waals surface area contributed by atoms with Gasteiger partial charge in [-0.3, -0.25) is 4.90 Å². The topological polar surface area (TPSA) is 56.1 Å². The molecule has 1 aromatic heterocycles. The van der Waals surface area contributed by atoms with Crippen LogP contribution in [0.5, 0.6) is 0 Å². The van der Waals surface area contributed by atoms with E-state index < -0.39 is 0 Å². The smallest absolute Gasteiger partial charge is 0.173 e. The average molecular weight is 331 g/mol. The summed E-state index contributed by atoms with van der Waals surface area (Å²) < 4.78 is 20.9. The lowest BCUT2D eigenvalue weighted by Gasteiger charge is -2.27. The minimum absolute atomic E-state index is 0.0375. The first-order valence-electron chi connectivity index (χ1n) is 8.68. The molecule has 6 nitrogen and oxygen atoms in total. The summed E-state index contributed by atoms with van der Waals surface area (Å²) >= 11 is 0. The molecule has 0 saturated carbocycles. The molecular formula is C17H22FN5O. The van der Waals surface area contributed by atoms with E-state index >= 15 is 0 Å². The van der Waals surface area contributed by atoms with Crippen LogP contribution in [0.2, 0.25) is 0 Å².